The average molecular weight is 390 g/mol. The Balaban J connectivity index is 1.84. The summed E-state index contributed by atoms with van der Waals surface area (Å²) in [5.74, 6) is -1.80. The number of nitrogens with zero attached hydrogens (tertiary/aromatic N) is 4. The third-order valence-electron chi connectivity index (χ3n) is 5.15. The first-order valence-electron chi connectivity index (χ1n) is 9.66. The molecule has 1 aliphatic rings. The number of benzene rings is 1. The summed E-state index contributed by atoms with van der Waals surface area (Å²) in [5.41, 5.74) is 1.31. The summed E-state index contributed by atoms with van der Waals surface area (Å²) in [6.07, 6.45) is 0.817. The van der Waals surface area contributed by atoms with Crippen LogP contribution in [0.15, 0.2) is 18.2 Å². The highest BCUT2D eigenvalue weighted by molar-refractivity contribution is 5.71. The second-order valence-corrected chi connectivity index (χ2v) is 7.68. The number of carbonyl (C=O) groups is 1. The molecule has 9 heteroatoms. The maximum atomic E-state index is 14.8. The molecule has 2 aromatic rings. The van der Waals surface area contributed by atoms with Gasteiger partial charge in [-0.2, -0.15) is 5.21 Å². The zero-order valence-corrected chi connectivity index (χ0v) is 16.2. The van der Waals surface area contributed by atoms with E-state index in [9.17, 15) is 14.3 Å². The van der Waals surface area contributed by atoms with Crippen LogP contribution < -0.4 is 10.2 Å². The van der Waals surface area contributed by atoms with Crippen LogP contribution in [0.5, 0.6) is 0 Å². The van der Waals surface area contributed by atoms with Gasteiger partial charge in [0.15, 0.2) is 5.82 Å². The lowest BCUT2D eigenvalue weighted by molar-refractivity contribution is -0.143. The summed E-state index contributed by atoms with van der Waals surface area (Å²) in [6.45, 7) is 7.14. The molecule has 2 atom stereocenters. The lowest BCUT2D eigenvalue weighted by atomic mass is 9.81. The van der Waals surface area contributed by atoms with Crippen LogP contribution in [-0.2, 0) is 11.2 Å². The summed E-state index contributed by atoms with van der Waals surface area (Å²) in [7, 11) is 0. The van der Waals surface area contributed by atoms with Crippen molar-refractivity contribution in [1.82, 2.24) is 25.9 Å². The maximum Gasteiger partial charge on any atom is 0.307 e. The van der Waals surface area contributed by atoms with E-state index in [4.69, 9.17) is 0 Å². The second kappa shape index (κ2) is 9.09. The molecule has 1 aromatic heterocycles. The Morgan fingerprint density at radius 2 is 2.07 bits per heavy atom. The third kappa shape index (κ3) is 4.83. The lowest BCUT2D eigenvalue weighted by Gasteiger charge is -2.30. The minimum Gasteiger partial charge on any atom is -0.481 e. The topological polar surface area (TPSA) is 107 Å². The number of anilines is 1. The maximum absolute atomic E-state index is 14.8. The van der Waals surface area contributed by atoms with E-state index < -0.39 is 17.8 Å². The number of hydrogen-bond acceptors (Lipinski definition) is 6. The first-order chi connectivity index (χ1) is 13.5. The number of hydrogen-bond donors (Lipinski definition) is 3. The molecule has 0 spiro atoms. The van der Waals surface area contributed by atoms with E-state index >= 15 is 0 Å². The molecule has 2 unspecified atom stereocenters. The molecule has 2 heterocycles. The van der Waals surface area contributed by atoms with Crippen molar-refractivity contribution in [3.8, 4) is 0 Å². The van der Waals surface area contributed by atoms with E-state index in [0.29, 0.717) is 24.4 Å². The van der Waals surface area contributed by atoms with Crippen LogP contribution in [0.4, 0.5) is 10.1 Å². The molecule has 3 N–H and O–H groups in total. The molecule has 1 fully saturated rings. The smallest absolute Gasteiger partial charge is 0.307 e. The highest BCUT2D eigenvalue weighted by Crippen LogP contribution is 2.32. The standard InChI is InChI=1S/C19H27FN6O2/c1-12(2)9-15(19(27)28)14(18-22-24-25-23-18)10-13-3-4-17(16(20)11-13)26-7-5-21-6-8-26/h3-4,11-12,14-15,21H,5-10H2,1-2H3,(H,27,28)(H,22,23,24,25). The average Bonchev–Trinajstić information content (AvgIpc) is 3.19. The quantitative estimate of drug-likeness (QED) is 0.631. The van der Waals surface area contributed by atoms with E-state index in [0.717, 1.165) is 31.7 Å². The highest BCUT2D eigenvalue weighted by Gasteiger charge is 2.33. The van der Waals surface area contributed by atoms with E-state index in [-0.39, 0.29) is 11.7 Å². The molecule has 1 saturated heterocycles. The third-order valence-corrected chi connectivity index (χ3v) is 5.15. The molecule has 8 nitrogen and oxygen atoms in total. The van der Waals surface area contributed by atoms with Crippen LogP contribution in [-0.4, -0.2) is 57.9 Å². The molecule has 0 aliphatic carbocycles. The molecule has 28 heavy (non-hydrogen) atoms. The second-order valence-electron chi connectivity index (χ2n) is 7.68. The van der Waals surface area contributed by atoms with Gasteiger partial charge in [-0.15, -0.1) is 10.2 Å². The molecule has 152 valence electrons. The fraction of sp³-hybridized carbons (Fsp3) is 0.579. The molecule has 0 radical (unpaired) electrons. The number of aliphatic carboxylic acids is 1. The van der Waals surface area contributed by atoms with Crippen LogP contribution in [0.3, 0.4) is 0 Å². The zero-order valence-electron chi connectivity index (χ0n) is 16.2. The first-order valence-corrected chi connectivity index (χ1v) is 9.66. The van der Waals surface area contributed by atoms with E-state index in [1.165, 1.54) is 6.07 Å². The van der Waals surface area contributed by atoms with Gasteiger partial charge in [-0.3, -0.25) is 4.79 Å². The van der Waals surface area contributed by atoms with E-state index in [1.54, 1.807) is 6.07 Å². The van der Waals surface area contributed by atoms with Crippen LogP contribution in [0.2, 0.25) is 0 Å². The van der Waals surface area contributed by atoms with Crippen molar-refractivity contribution in [2.24, 2.45) is 11.8 Å². The number of H-pyrrole nitrogens is 1. The summed E-state index contributed by atoms with van der Waals surface area (Å²) < 4.78 is 14.8. The highest BCUT2D eigenvalue weighted by atomic mass is 19.1. The Bertz CT molecular complexity index is 777. The Kier molecular flexibility index (Phi) is 6.56. The number of piperazine rings is 1. The summed E-state index contributed by atoms with van der Waals surface area (Å²) in [6, 6.07) is 5.14. The van der Waals surface area contributed by atoms with Crippen LogP contribution in [0.25, 0.3) is 0 Å². The first kappa shape index (κ1) is 20.2. The molecular weight excluding hydrogens is 363 g/mol. The molecule has 0 bridgehead atoms. The van der Waals surface area contributed by atoms with Gasteiger partial charge >= 0.3 is 5.97 Å². The predicted molar refractivity (Wildman–Crippen MR) is 103 cm³/mol. The monoisotopic (exact) mass is 390 g/mol. The Morgan fingerprint density at radius 1 is 1.32 bits per heavy atom. The minimum atomic E-state index is -0.901. The predicted octanol–water partition coefficient (Wildman–Crippen LogP) is 1.82. The van der Waals surface area contributed by atoms with Gasteiger partial charge in [-0.25, -0.2) is 4.39 Å². The molecule has 0 saturated carbocycles. The van der Waals surface area contributed by atoms with Crippen molar-refractivity contribution in [1.29, 1.82) is 0 Å². The van der Waals surface area contributed by atoms with Crippen molar-refractivity contribution in [2.75, 3.05) is 31.1 Å². The normalized spacial score (nSPS) is 16.9. The molecular formula is C19H27FN6O2. The number of halogens is 1. The minimum absolute atomic E-state index is 0.197. The van der Waals surface area contributed by atoms with Crippen molar-refractivity contribution >= 4 is 11.7 Å². The summed E-state index contributed by atoms with van der Waals surface area (Å²) in [5, 5.41) is 27.0. The van der Waals surface area contributed by atoms with Gasteiger partial charge in [0.25, 0.3) is 0 Å². The van der Waals surface area contributed by atoms with Gasteiger partial charge in [0.1, 0.15) is 5.82 Å². The Labute approximate surface area is 163 Å². The van der Waals surface area contributed by atoms with E-state index in [1.807, 2.05) is 24.8 Å². The van der Waals surface area contributed by atoms with Gasteiger partial charge in [0, 0.05) is 32.1 Å². The van der Waals surface area contributed by atoms with Gasteiger partial charge in [0.2, 0.25) is 0 Å². The number of aromatic amines is 1. The van der Waals surface area contributed by atoms with Crippen LogP contribution in [0.1, 0.15) is 37.6 Å². The summed E-state index contributed by atoms with van der Waals surface area (Å²) >= 11 is 0. The molecule has 1 aliphatic heterocycles. The SMILES string of the molecule is CC(C)CC(C(=O)O)C(Cc1ccc(N2CCNCC2)c(F)c1)c1nn[nH]n1. The fourth-order valence-electron chi connectivity index (χ4n) is 3.78. The summed E-state index contributed by atoms with van der Waals surface area (Å²) in [4.78, 5) is 13.9. The van der Waals surface area contributed by atoms with Gasteiger partial charge < -0.3 is 15.3 Å². The van der Waals surface area contributed by atoms with Gasteiger partial charge in [-0.05, 0) is 36.5 Å². The zero-order chi connectivity index (χ0) is 20.1. The van der Waals surface area contributed by atoms with Gasteiger partial charge in [0.05, 0.1) is 11.6 Å². The van der Waals surface area contributed by atoms with Gasteiger partial charge in [-0.1, -0.05) is 25.1 Å². The van der Waals surface area contributed by atoms with Crippen molar-refractivity contribution < 1.29 is 14.3 Å². The van der Waals surface area contributed by atoms with Crippen molar-refractivity contribution in [3.05, 3.63) is 35.4 Å². The van der Waals surface area contributed by atoms with Crippen LogP contribution in [0, 0.1) is 17.7 Å². The Hall–Kier alpha value is -2.55. The van der Waals surface area contributed by atoms with E-state index in [2.05, 4.69) is 25.9 Å². The largest absolute Gasteiger partial charge is 0.481 e. The number of tetrazole rings is 1. The lowest BCUT2D eigenvalue weighted by Crippen LogP contribution is -2.43. The van der Waals surface area contributed by atoms with Crippen LogP contribution >= 0.6 is 0 Å². The Morgan fingerprint density at radius 3 is 2.64 bits per heavy atom. The number of rotatable bonds is 8. The fourth-order valence-corrected chi connectivity index (χ4v) is 3.78. The van der Waals surface area contributed by atoms with Crippen molar-refractivity contribution in [3.63, 3.8) is 0 Å². The molecule has 1 aromatic carbocycles. The molecule has 3 rings (SSSR count). The molecule has 0 amide bonds. The number of carboxylic acid groups (broad SMARTS) is 1. The number of nitrogens with one attached hydrogen (secondary N) is 2. The number of carboxylic acids is 1. The van der Waals surface area contributed by atoms with Crippen molar-refractivity contribution in [2.45, 2.75) is 32.6 Å². The number of aromatic nitrogens is 4.